The van der Waals surface area contributed by atoms with Crippen LogP contribution in [0.25, 0.3) is 11.3 Å². The van der Waals surface area contributed by atoms with E-state index in [9.17, 15) is 4.79 Å². The van der Waals surface area contributed by atoms with Crippen LogP contribution in [0.15, 0.2) is 54.9 Å². The Morgan fingerprint density at radius 2 is 1.66 bits per heavy atom. The molecule has 2 aromatic carbocycles. The van der Waals surface area contributed by atoms with E-state index in [1.807, 2.05) is 50.2 Å². The number of aryl methyl sites for hydroxylation is 2. The van der Waals surface area contributed by atoms with E-state index in [4.69, 9.17) is 0 Å². The normalized spacial score (nSPS) is 13.9. The van der Waals surface area contributed by atoms with Gasteiger partial charge in [0.2, 0.25) is 0 Å². The third-order valence-corrected chi connectivity index (χ3v) is 5.39. The number of amides is 1. The van der Waals surface area contributed by atoms with E-state index < -0.39 is 0 Å². The molecule has 29 heavy (non-hydrogen) atoms. The summed E-state index contributed by atoms with van der Waals surface area (Å²) in [6.45, 7) is 6.08. The Morgan fingerprint density at radius 3 is 2.38 bits per heavy atom. The Labute approximate surface area is 171 Å². The molecule has 0 unspecified atom stereocenters. The highest BCUT2D eigenvalue weighted by molar-refractivity contribution is 6.04. The van der Waals surface area contributed by atoms with E-state index in [0.717, 1.165) is 41.4 Å². The van der Waals surface area contributed by atoms with Crippen LogP contribution >= 0.6 is 0 Å². The Hall–Kier alpha value is -3.21. The molecule has 2 heterocycles. The van der Waals surface area contributed by atoms with Crippen LogP contribution in [0, 0.1) is 13.8 Å². The average Bonchev–Trinajstić information content (AvgIpc) is 2.76. The van der Waals surface area contributed by atoms with Crippen LogP contribution < -0.4 is 10.2 Å². The van der Waals surface area contributed by atoms with Gasteiger partial charge in [-0.3, -0.25) is 9.78 Å². The highest BCUT2D eigenvalue weighted by atomic mass is 16.1. The Morgan fingerprint density at radius 1 is 0.931 bits per heavy atom. The van der Waals surface area contributed by atoms with Gasteiger partial charge in [0.05, 0.1) is 0 Å². The van der Waals surface area contributed by atoms with Gasteiger partial charge in [-0.05, 0) is 56.9 Å². The quantitative estimate of drug-likeness (QED) is 0.685. The number of anilines is 2. The van der Waals surface area contributed by atoms with Crippen LogP contribution in [0.3, 0.4) is 0 Å². The fourth-order valence-corrected chi connectivity index (χ4v) is 3.80. The van der Waals surface area contributed by atoms with Crippen molar-refractivity contribution < 1.29 is 4.79 Å². The highest BCUT2D eigenvalue weighted by Gasteiger charge is 2.18. The van der Waals surface area contributed by atoms with Crippen molar-refractivity contribution >= 4 is 17.4 Å². The van der Waals surface area contributed by atoms with Crippen LogP contribution in [0.4, 0.5) is 11.5 Å². The third-order valence-electron chi connectivity index (χ3n) is 5.39. The molecule has 0 saturated carbocycles. The summed E-state index contributed by atoms with van der Waals surface area (Å²) in [6, 6.07) is 13.6. The lowest BCUT2D eigenvalue weighted by molar-refractivity contribution is 0.102. The maximum atomic E-state index is 12.7. The van der Waals surface area contributed by atoms with Crippen LogP contribution in [0.2, 0.25) is 0 Å². The topological polar surface area (TPSA) is 58.1 Å². The molecule has 0 spiro atoms. The van der Waals surface area contributed by atoms with E-state index in [2.05, 4.69) is 26.3 Å². The van der Waals surface area contributed by atoms with Crippen molar-refractivity contribution in [2.75, 3.05) is 23.3 Å². The number of carbonyl (C=O) groups is 1. The van der Waals surface area contributed by atoms with Crippen LogP contribution in [-0.4, -0.2) is 29.0 Å². The first kappa shape index (κ1) is 19.1. The molecule has 0 radical (unpaired) electrons. The van der Waals surface area contributed by atoms with Crippen molar-refractivity contribution in [3.05, 3.63) is 71.5 Å². The molecule has 1 aromatic heterocycles. The zero-order valence-corrected chi connectivity index (χ0v) is 17.0. The van der Waals surface area contributed by atoms with E-state index in [1.165, 1.54) is 24.8 Å². The van der Waals surface area contributed by atoms with Gasteiger partial charge in [-0.2, -0.15) is 0 Å². The summed E-state index contributed by atoms with van der Waals surface area (Å²) in [7, 11) is 0. The van der Waals surface area contributed by atoms with Gasteiger partial charge in [-0.25, -0.2) is 4.98 Å². The number of nitrogens with zero attached hydrogens (tertiary/aromatic N) is 3. The second-order valence-electron chi connectivity index (χ2n) is 7.63. The van der Waals surface area contributed by atoms with Crippen molar-refractivity contribution in [3.8, 4) is 11.3 Å². The number of nitrogens with one attached hydrogen (secondary N) is 1. The smallest absolute Gasteiger partial charge is 0.255 e. The molecular weight excluding hydrogens is 360 g/mol. The number of aromatic nitrogens is 2. The van der Waals surface area contributed by atoms with Gasteiger partial charge in [-0.15, -0.1) is 0 Å². The fourth-order valence-electron chi connectivity index (χ4n) is 3.80. The second kappa shape index (κ2) is 8.43. The minimum atomic E-state index is -0.112. The lowest BCUT2D eigenvalue weighted by Crippen LogP contribution is -2.30. The summed E-state index contributed by atoms with van der Waals surface area (Å²) in [5.41, 5.74) is 5.54. The maximum absolute atomic E-state index is 12.7. The molecule has 1 amide bonds. The summed E-state index contributed by atoms with van der Waals surface area (Å²) in [4.78, 5) is 24.2. The van der Waals surface area contributed by atoms with Gasteiger partial charge >= 0.3 is 0 Å². The lowest BCUT2D eigenvalue weighted by Gasteiger charge is -2.28. The van der Waals surface area contributed by atoms with Crippen LogP contribution in [0.5, 0.6) is 0 Å². The maximum Gasteiger partial charge on any atom is 0.255 e. The van der Waals surface area contributed by atoms with Gasteiger partial charge in [-0.1, -0.05) is 29.8 Å². The second-order valence-corrected chi connectivity index (χ2v) is 7.63. The number of hydrogen-bond acceptors (Lipinski definition) is 4. The Kier molecular flexibility index (Phi) is 5.56. The van der Waals surface area contributed by atoms with Gasteiger partial charge < -0.3 is 10.2 Å². The molecule has 0 bridgehead atoms. The molecule has 1 N–H and O–H groups in total. The van der Waals surface area contributed by atoms with E-state index >= 15 is 0 Å². The number of benzene rings is 2. The van der Waals surface area contributed by atoms with Crippen LogP contribution in [0.1, 0.15) is 40.7 Å². The Bertz CT molecular complexity index is 1010. The van der Waals surface area contributed by atoms with E-state index in [0.29, 0.717) is 5.56 Å². The van der Waals surface area contributed by atoms with E-state index in [1.54, 1.807) is 12.4 Å². The predicted molar refractivity (Wildman–Crippen MR) is 117 cm³/mol. The summed E-state index contributed by atoms with van der Waals surface area (Å²) < 4.78 is 0. The summed E-state index contributed by atoms with van der Waals surface area (Å²) >= 11 is 0. The standard InChI is InChI=1S/C24H26N4O/c1-17-6-11-21(18(2)16-17)27-24(29)20-9-7-19(8-10-20)22-23(26-13-12-25-22)28-14-4-3-5-15-28/h6-13,16H,3-5,14-15H2,1-2H3,(H,27,29). The molecule has 148 valence electrons. The van der Waals surface area contributed by atoms with Gasteiger partial charge in [0.25, 0.3) is 5.91 Å². The van der Waals surface area contributed by atoms with Gasteiger partial charge in [0.1, 0.15) is 5.69 Å². The number of piperidine rings is 1. The highest BCUT2D eigenvalue weighted by Crippen LogP contribution is 2.29. The first-order chi connectivity index (χ1) is 14.1. The summed E-state index contributed by atoms with van der Waals surface area (Å²) in [6.07, 6.45) is 7.13. The molecule has 3 aromatic rings. The molecule has 0 atom stereocenters. The molecule has 0 aliphatic carbocycles. The van der Waals surface area contributed by atoms with Crippen molar-refractivity contribution in [2.24, 2.45) is 0 Å². The van der Waals surface area contributed by atoms with Crippen molar-refractivity contribution in [3.63, 3.8) is 0 Å². The van der Waals surface area contributed by atoms with Gasteiger partial charge in [0.15, 0.2) is 5.82 Å². The predicted octanol–water partition coefficient (Wildman–Crippen LogP) is 5.00. The zero-order valence-electron chi connectivity index (χ0n) is 17.0. The summed E-state index contributed by atoms with van der Waals surface area (Å²) in [5, 5.41) is 3.00. The van der Waals surface area contributed by atoms with Gasteiger partial charge in [0, 0.05) is 42.3 Å². The SMILES string of the molecule is Cc1ccc(NC(=O)c2ccc(-c3nccnc3N3CCCCC3)cc2)c(C)c1. The van der Waals surface area contributed by atoms with Crippen molar-refractivity contribution in [2.45, 2.75) is 33.1 Å². The lowest BCUT2D eigenvalue weighted by atomic mass is 10.1. The first-order valence-electron chi connectivity index (χ1n) is 10.2. The molecular formula is C24H26N4O. The molecule has 1 fully saturated rings. The molecule has 1 saturated heterocycles. The largest absolute Gasteiger partial charge is 0.355 e. The van der Waals surface area contributed by atoms with Crippen LogP contribution in [-0.2, 0) is 0 Å². The minimum absolute atomic E-state index is 0.112. The zero-order chi connectivity index (χ0) is 20.2. The first-order valence-corrected chi connectivity index (χ1v) is 10.2. The fraction of sp³-hybridized carbons (Fsp3) is 0.292. The third kappa shape index (κ3) is 4.29. The molecule has 4 rings (SSSR count). The van der Waals surface area contributed by atoms with Crippen molar-refractivity contribution in [1.29, 1.82) is 0 Å². The number of rotatable bonds is 4. The van der Waals surface area contributed by atoms with E-state index in [-0.39, 0.29) is 5.91 Å². The monoisotopic (exact) mass is 386 g/mol. The molecule has 1 aliphatic rings. The van der Waals surface area contributed by atoms with Crippen molar-refractivity contribution in [1.82, 2.24) is 9.97 Å². The molecule has 1 aliphatic heterocycles. The summed E-state index contributed by atoms with van der Waals surface area (Å²) in [5.74, 6) is 0.818. The number of hydrogen-bond donors (Lipinski definition) is 1. The minimum Gasteiger partial charge on any atom is -0.355 e. The molecule has 5 heteroatoms. The average molecular weight is 386 g/mol. The number of carbonyl (C=O) groups excluding carboxylic acids is 1. The Balaban J connectivity index is 1.54. The molecule has 5 nitrogen and oxygen atoms in total.